The second kappa shape index (κ2) is 4.97. The van der Waals surface area contributed by atoms with Crippen molar-refractivity contribution in [1.29, 1.82) is 0 Å². The summed E-state index contributed by atoms with van der Waals surface area (Å²) in [5, 5.41) is 7.23. The van der Waals surface area contributed by atoms with E-state index in [1.165, 1.54) is 0 Å². The van der Waals surface area contributed by atoms with E-state index in [0.29, 0.717) is 11.6 Å². The van der Waals surface area contributed by atoms with Gasteiger partial charge in [0.05, 0.1) is 12.4 Å². The molecule has 17 heavy (non-hydrogen) atoms. The second-order valence-corrected chi connectivity index (χ2v) is 3.86. The van der Waals surface area contributed by atoms with Crippen LogP contribution in [0.1, 0.15) is 18.5 Å². The quantitative estimate of drug-likeness (QED) is 0.874. The Balaban J connectivity index is 2.26. The maximum Gasteiger partial charge on any atom is 0.224 e. The van der Waals surface area contributed by atoms with Gasteiger partial charge in [-0.1, -0.05) is 6.07 Å². The highest BCUT2D eigenvalue weighted by atomic mass is 16.5. The summed E-state index contributed by atoms with van der Waals surface area (Å²) in [6, 6.07) is 4.09. The summed E-state index contributed by atoms with van der Waals surface area (Å²) in [4.78, 5) is 4.25. The van der Waals surface area contributed by atoms with Gasteiger partial charge in [-0.15, -0.1) is 0 Å². The Morgan fingerprint density at radius 1 is 1.47 bits per heavy atom. The molecule has 0 radical (unpaired) electrons. The second-order valence-electron chi connectivity index (χ2n) is 3.86. The van der Waals surface area contributed by atoms with E-state index in [2.05, 4.69) is 22.3 Å². The van der Waals surface area contributed by atoms with Crippen LogP contribution in [-0.2, 0) is 7.05 Å². The summed E-state index contributed by atoms with van der Waals surface area (Å²) in [6.45, 7) is 2.06. The van der Waals surface area contributed by atoms with E-state index in [1.807, 2.05) is 32.4 Å². The molecule has 5 nitrogen and oxygen atoms in total. The lowest BCUT2D eigenvalue weighted by Crippen LogP contribution is -2.13. The summed E-state index contributed by atoms with van der Waals surface area (Å²) in [7, 11) is 3.76. The van der Waals surface area contributed by atoms with Crippen molar-refractivity contribution in [3.8, 4) is 11.6 Å². The zero-order valence-corrected chi connectivity index (χ0v) is 10.2. The van der Waals surface area contributed by atoms with Gasteiger partial charge in [-0.2, -0.15) is 5.10 Å². The first-order chi connectivity index (χ1) is 8.20. The van der Waals surface area contributed by atoms with E-state index < -0.39 is 0 Å². The SMILES string of the molecule is CNC(C)c1cccnc1Oc1cnn(C)c1. The first kappa shape index (κ1) is 11.6. The lowest BCUT2D eigenvalue weighted by Gasteiger charge is -2.13. The number of aromatic nitrogens is 3. The summed E-state index contributed by atoms with van der Waals surface area (Å²) < 4.78 is 7.41. The Kier molecular flexibility index (Phi) is 3.39. The fourth-order valence-corrected chi connectivity index (χ4v) is 1.54. The third-order valence-electron chi connectivity index (χ3n) is 2.60. The third kappa shape index (κ3) is 2.62. The molecule has 1 N–H and O–H groups in total. The molecule has 0 spiro atoms. The molecule has 2 aromatic rings. The standard InChI is InChI=1S/C12H16N4O/c1-9(13-2)11-5-4-6-14-12(11)17-10-7-15-16(3)8-10/h4-9,13H,1-3H3. The average Bonchev–Trinajstić information content (AvgIpc) is 2.74. The minimum atomic E-state index is 0.190. The van der Waals surface area contributed by atoms with Gasteiger partial charge in [0.25, 0.3) is 0 Å². The number of pyridine rings is 1. The lowest BCUT2D eigenvalue weighted by atomic mass is 10.1. The summed E-state index contributed by atoms with van der Waals surface area (Å²) in [5.74, 6) is 1.30. The zero-order chi connectivity index (χ0) is 12.3. The van der Waals surface area contributed by atoms with Crippen molar-refractivity contribution in [2.45, 2.75) is 13.0 Å². The van der Waals surface area contributed by atoms with Crippen molar-refractivity contribution < 1.29 is 4.74 Å². The predicted molar refractivity (Wildman–Crippen MR) is 65.0 cm³/mol. The number of aryl methyl sites for hydroxylation is 1. The van der Waals surface area contributed by atoms with Gasteiger partial charge in [-0.25, -0.2) is 4.98 Å². The Bertz CT molecular complexity index is 495. The van der Waals surface area contributed by atoms with Gasteiger partial charge < -0.3 is 10.1 Å². The molecule has 90 valence electrons. The molecule has 1 atom stereocenters. The van der Waals surface area contributed by atoms with E-state index in [0.717, 1.165) is 5.56 Å². The van der Waals surface area contributed by atoms with Crippen LogP contribution >= 0.6 is 0 Å². The van der Waals surface area contributed by atoms with Crippen molar-refractivity contribution in [2.24, 2.45) is 7.05 Å². The molecule has 0 bridgehead atoms. The number of nitrogens with zero attached hydrogens (tertiary/aromatic N) is 3. The van der Waals surface area contributed by atoms with E-state index >= 15 is 0 Å². The topological polar surface area (TPSA) is 52.0 Å². The van der Waals surface area contributed by atoms with Gasteiger partial charge in [0.15, 0.2) is 5.75 Å². The van der Waals surface area contributed by atoms with Crippen LogP contribution in [-0.4, -0.2) is 21.8 Å². The van der Waals surface area contributed by atoms with Gasteiger partial charge >= 0.3 is 0 Å². The minimum Gasteiger partial charge on any atom is -0.435 e. The number of hydrogen-bond donors (Lipinski definition) is 1. The zero-order valence-electron chi connectivity index (χ0n) is 10.2. The molecule has 0 saturated carbocycles. The van der Waals surface area contributed by atoms with Crippen molar-refractivity contribution >= 4 is 0 Å². The van der Waals surface area contributed by atoms with Crippen LogP contribution in [0.15, 0.2) is 30.7 Å². The number of nitrogens with one attached hydrogen (secondary N) is 1. The third-order valence-corrected chi connectivity index (χ3v) is 2.60. The minimum absolute atomic E-state index is 0.190. The molecule has 0 aliphatic carbocycles. The predicted octanol–water partition coefficient (Wildman–Crippen LogP) is 1.89. The smallest absolute Gasteiger partial charge is 0.224 e. The number of hydrogen-bond acceptors (Lipinski definition) is 4. The van der Waals surface area contributed by atoms with Gasteiger partial charge in [-0.05, 0) is 20.0 Å². The fourth-order valence-electron chi connectivity index (χ4n) is 1.54. The Hall–Kier alpha value is -1.88. The van der Waals surface area contributed by atoms with Crippen LogP contribution in [0.2, 0.25) is 0 Å². The van der Waals surface area contributed by atoms with E-state index in [9.17, 15) is 0 Å². The van der Waals surface area contributed by atoms with Crippen molar-refractivity contribution in [2.75, 3.05) is 7.05 Å². The molecule has 5 heteroatoms. The fraction of sp³-hybridized carbons (Fsp3) is 0.333. The molecule has 0 aromatic carbocycles. The van der Waals surface area contributed by atoms with Gasteiger partial charge in [0, 0.05) is 24.8 Å². The number of ether oxygens (including phenoxy) is 1. The summed E-state index contributed by atoms with van der Waals surface area (Å²) >= 11 is 0. The normalized spacial score (nSPS) is 12.4. The molecule has 0 aliphatic rings. The Morgan fingerprint density at radius 3 is 2.94 bits per heavy atom. The van der Waals surface area contributed by atoms with Crippen LogP contribution in [0.4, 0.5) is 0 Å². The van der Waals surface area contributed by atoms with E-state index in [4.69, 9.17) is 4.74 Å². The van der Waals surface area contributed by atoms with E-state index in [1.54, 1.807) is 17.1 Å². The average molecular weight is 232 g/mol. The molecule has 2 rings (SSSR count). The van der Waals surface area contributed by atoms with Crippen molar-refractivity contribution in [3.05, 3.63) is 36.3 Å². The summed E-state index contributed by atoms with van der Waals surface area (Å²) in [5.41, 5.74) is 1.03. The molecule has 0 saturated heterocycles. The van der Waals surface area contributed by atoms with Crippen molar-refractivity contribution in [3.63, 3.8) is 0 Å². The highest BCUT2D eigenvalue weighted by Crippen LogP contribution is 2.26. The van der Waals surface area contributed by atoms with Gasteiger partial charge in [-0.3, -0.25) is 4.68 Å². The molecule has 2 heterocycles. The first-order valence-electron chi connectivity index (χ1n) is 5.49. The lowest BCUT2D eigenvalue weighted by molar-refractivity contribution is 0.446. The maximum atomic E-state index is 5.72. The van der Waals surface area contributed by atoms with Crippen molar-refractivity contribution in [1.82, 2.24) is 20.1 Å². The molecular formula is C12H16N4O. The number of rotatable bonds is 4. The highest BCUT2D eigenvalue weighted by Gasteiger charge is 2.12. The molecule has 0 fully saturated rings. The van der Waals surface area contributed by atoms with Gasteiger partial charge in [0.1, 0.15) is 0 Å². The molecule has 0 amide bonds. The Labute approximate surface area is 100 Å². The van der Waals surface area contributed by atoms with Crippen LogP contribution in [0.5, 0.6) is 11.6 Å². The van der Waals surface area contributed by atoms with Crippen LogP contribution < -0.4 is 10.1 Å². The highest BCUT2D eigenvalue weighted by molar-refractivity contribution is 5.32. The van der Waals surface area contributed by atoms with Crippen LogP contribution in [0, 0.1) is 0 Å². The first-order valence-corrected chi connectivity index (χ1v) is 5.49. The monoisotopic (exact) mass is 232 g/mol. The maximum absolute atomic E-state index is 5.72. The van der Waals surface area contributed by atoms with E-state index in [-0.39, 0.29) is 6.04 Å². The molecular weight excluding hydrogens is 216 g/mol. The largest absolute Gasteiger partial charge is 0.435 e. The Morgan fingerprint density at radius 2 is 2.29 bits per heavy atom. The van der Waals surface area contributed by atoms with Gasteiger partial charge in [0.2, 0.25) is 5.88 Å². The van der Waals surface area contributed by atoms with Crippen LogP contribution in [0.3, 0.4) is 0 Å². The molecule has 2 aromatic heterocycles. The molecule has 1 unspecified atom stereocenters. The molecule has 0 aliphatic heterocycles. The summed E-state index contributed by atoms with van der Waals surface area (Å²) in [6.07, 6.45) is 5.20. The van der Waals surface area contributed by atoms with Crippen LogP contribution in [0.25, 0.3) is 0 Å².